The Bertz CT molecular complexity index is 967. The van der Waals surface area contributed by atoms with Crippen LogP contribution in [-0.2, 0) is 26.3 Å². The number of imide groups is 1. The maximum atomic E-state index is 13.1. The number of ether oxygens (including phenoxy) is 2. The van der Waals surface area contributed by atoms with Gasteiger partial charge in [-0.2, -0.15) is 0 Å². The van der Waals surface area contributed by atoms with Crippen molar-refractivity contribution >= 4 is 17.8 Å². The highest BCUT2D eigenvalue weighted by molar-refractivity contribution is 6.04. The van der Waals surface area contributed by atoms with Gasteiger partial charge >= 0.3 is 6.03 Å². The molecule has 1 aromatic heterocycles. The Kier molecular flexibility index (Phi) is 6.98. The molecule has 1 aromatic carbocycles. The smallest absolute Gasteiger partial charge is 0.324 e. The standard InChI is InChI=1S/C24H29N3O6/c1-31-18-6-4-17(5-7-18)24(10-13-32-14-11-24)16-27-22(29)20(26-23(27)30)8-9-21(28)25-15-19-3-2-12-33-19/h2-7,12,20H,8-11,13-16H2,1H3,(H,25,28)(H,26,30). The molecular weight excluding hydrogens is 426 g/mol. The Morgan fingerprint density at radius 1 is 1.21 bits per heavy atom. The zero-order valence-electron chi connectivity index (χ0n) is 18.7. The van der Waals surface area contributed by atoms with Crippen molar-refractivity contribution in [2.45, 2.75) is 43.7 Å². The third-order valence-electron chi connectivity index (χ3n) is 6.42. The number of benzene rings is 1. The van der Waals surface area contributed by atoms with E-state index in [1.54, 1.807) is 25.5 Å². The lowest BCUT2D eigenvalue weighted by Gasteiger charge is -2.39. The summed E-state index contributed by atoms with van der Waals surface area (Å²) in [4.78, 5) is 39.2. The van der Waals surface area contributed by atoms with Gasteiger partial charge in [-0.15, -0.1) is 0 Å². The average Bonchev–Trinajstić information content (AvgIpc) is 3.46. The van der Waals surface area contributed by atoms with E-state index in [2.05, 4.69) is 10.6 Å². The van der Waals surface area contributed by atoms with Crippen molar-refractivity contribution in [2.75, 3.05) is 26.9 Å². The SMILES string of the molecule is COc1ccc(C2(CN3C(=O)NC(CCC(=O)NCc4ccco4)C3=O)CCOCC2)cc1. The van der Waals surface area contributed by atoms with Gasteiger partial charge in [0, 0.05) is 31.6 Å². The number of furan rings is 1. The molecule has 2 N–H and O–H groups in total. The summed E-state index contributed by atoms with van der Waals surface area (Å²) in [7, 11) is 1.61. The Hall–Kier alpha value is -3.33. The van der Waals surface area contributed by atoms with E-state index in [1.807, 2.05) is 24.3 Å². The Labute approximate surface area is 192 Å². The zero-order chi connectivity index (χ0) is 23.3. The van der Waals surface area contributed by atoms with E-state index >= 15 is 0 Å². The van der Waals surface area contributed by atoms with Crippen LogP contribution in [0.4, 0.5) is 4.79 Å². The summed E-state index contributed by atoms with van der Waals surface area (Å²) in [5, 5.41) is 5.50. The maximum Gasteiger partial charge on any atom is 0.324 e. The van der Waals surface area contributed by atoms with Crippen LogP contribution in [0.25, 0.3) is 0 Å². The van der Waals surface area contributed by atoms with Gasteiger partial charge in [0.15, 0.2) is 0 Å². The highest BCUT2D eigenvalue weighted by Crippen LogP contribution is 2.37. The monoisotopic (exact) mass is 455 g/mol. The van der Waals surface area contributed by atoms with E-state index in [1.165, 1.54) is 4.90 Å². The second-order valence-corrected chi connectivity index (χ2v) is 8.44. The molecule has 3 heterocycles. The zero-order valence-corrected chi connectivity index (χ0v) is 18.7. The molecule has 0 radical (unpaired) electrons. The van der Waals surface area contributed by atoms with Crippen molar-refractivity contribution in [1.82, 2.24) is 15.5 Å². The molecule has 33 heavy (non-hydrogen) atoms. The van der Waals surface area contributed by atoms with Crippen molar-refractivity contribution in [1.29, 1.82) is 0 Å². The topological polar surface area (TPSA) is 110 Å². The summed E-state index contributed by atoms with van der Waals surface area (Å²) in [6.45, 7) is 1.69. The van der Waals surface area contributed by atoms with Gasteiger partial charge in [0.1, 0.15) is 17.6 Å². The van der Waals surface area contributed by atoms with Gasteiger partial charge in [-0.05, 0) is 49.1 Å². The van der Waals surface area contributed by atoms with Gasteiger partial charge in [-0.25, -0.2) is 4.79 Å². The fourth-order valence-corrected chi connectivity index (χ4v) is 4.43. The predicted molar refractivity (Wildman–Crippen MR) is 119 cm³/mol. The largest absolute Gasteiger partial charge is 0.497 e. The lowest BCUT2D eigenvalue weighted by Crippen LogP contribution is -2.47. The third-order valence-corrected chi connectivity index (χ3v) is 6.42. The molecule has 1 unspecified atom stereocenters. The van der Waals surface area contributed by atoms with Gasteiger partial charge in [0.25, 0.3) is 5.91 Å². The van der Waals surface area contributed by atoms with Gasteiger partial charge in [-0.1, -0.05) is 12.1 Å². The molecule has 2 fully saturated rings. The van der Waals surface area contributed by atoms with E-state index in [-0.39, 0.29) is 43.2 Å². The number of hydrogen-bond acceptors (Lipinski definition) is 6. The quantitative estimate of drug-likeness (QED) is 0.562. The molecule has 0 spiro atoms. The summed E-state index contributed by atoms with van der Waals surface area (Å²) >= 11 is 0. The van der Waals surface area contributed by atoms with E-state index in [9.17, 15) is 14.4 Å². The van der Waals surface area contributed by atoms with Crippen LogP contribution in [0.5, 0.6) is 5.75 Å². The predicted octanol–water partition coefficient (Wildman–Crippen LogP) is 2.35. The third kappa shape index (κ3) is 5.19. The molecule has 0 saturated carbocycles. The van der Waals surface area contributed by atoms with E-state index in [0.29, 0.717) is 31.8 Å². The minimum Gasteiger partial charge on any atom is -0.497 e. The van der Waals surface area contributed by atoms with Crippen molar-refractivity contribution in [3.63, 3.8) is 0 Å². The first-order valence-corrected chi connectivity index (χ1v) is 11.1. The number of urea groups is 1. The van der Waals surface area contributed by atoms with Crippen LogP contribution in [0.3, 0.4) is 0 Å². The summed E-state index contributed by atoms with van der Waals surface area (Å²) in [5.41, 5.74) is 0.667. The summed E-state index contributed by atoms with van der Waals surface area (Å²) in [5.74, 6) is 0.908. The van der Waals surface area contributed by atoms with E-state index in [4.69, 9.17) is 13.9 Å². The fourth-order valence-electron chi connectivity index (χ4n) is 4.43. The lowest BCUT2D eigenvalue weighted by molar-refractivity contribution is -0.129. The molecule has 176 valence electrons. The normalized spacial score (nSPS) is 19.9. The Morgan fingerprint density at radius 3 is 2.64 bits per heavy atom. The summed E-state index contributed by atoms with van der Waals surface area (Å²) in [6.07, 6.45) is 3.32. The number of nitrogens with one attached hydrogen (secondary N) is 2. The lowest BCUT2D eigenvalue weighted by atomic mass is 9.73. The maximum absolute atomic E-state index is 13.1. The van der Waals surface area contributed by atoms with E-state index < -0.39 is 12.1 Å². The fraction of sp³-hybridized carbons (Fsp3) is 0.458. The second-order valence-electron chi connectivity index (χ2n) is 8.44. The van der Waals surface area contributed by atoms with Crippen LogP contribution in [0.2, 0.25) is 0 Å². The van der Waals surface area contributed by atoms with Crippen LogP contribution < -0.4 is 15.4 Å². The molecule has 0 bridgehead atoms. The number of carbonyl (C=O) groups excluding carboxylic acids is 3. The van der Waals surface area contributed by atoms with Crippen LogP contribution >= 0.6 is 0 Å². The molecule has 9 nitrogen and oxygen atoms in total. The molecule has 1 atom stereocenters. The first-order chi connectivity index (χ1) is 16.0. The number of carbonyl (C=O) groups is 3. The van der Waals surface area contributed by atoms with E-state index in [0.717, 1.165) is 11.3 Å². The van der Waals surface area contributed by atoms with Crippen molar-refractivity contribution < 1.29 is 28.3 Å². The first kappa shape index (κ1) is 22.8. The molecule has 9 heteroatoms. The van der Waals surface area contributed by atoms with Crippen molar-refractivity contribution in [3.05, 3.63) is 54.0 Å². The summed E-state index contributed by atoms with van der Waals surface area (Å²) < 4.78 is 16.0. The molecule has 2 aliphatic heterocycles. The highest BCUT2D eigenvalue weighted by Gasteiger charge is 2.44. The second kappa shape index (κ2) is 10.1. The van der Waals surface area contributed by atoms with Crippen molar-refractivity contribution in [3.8, 4) is 5.75 Å². The Morgan fingerprint density at radius 2 is 1.97 bits per heavy atom. The number of nitrogens with zero attached hydrogens (tertiary/aromatic N) is 1. The van der Waals surface area contributed by atoms with Crippen LogP contribution in [0.15, 0.2) is 47.1 Å². The number of hydrogen-bond donors (Lipinski definition) is 2. The highest BCUT2D eigenvalue weighted by atomic mass is 16.5. The van der Waals surface area contributed by atoms with Crippen molar-refractivity contribution in [2.24, 2.45) is 0 Å². The van der Waals surface area contributed by atoms with Gasteiger partial charge in [0.05, 0.1) is 19.9 Å². The summed E-state index contributed by atoms with van der Waals surface area (Å²) in [6, 6.07) is 10.2. The molecule has 4 amide bonds. The van der Waals surface area contributed by atoms with Crippen LogP contribution in [-0.4, -0.2) is 55.7 Å². The molecule has 2 saturated heterocycles. The number of methoxy groups -OCH3 is 1. The Balaban J connectivity index is 1.38. The molecule has 2 aliphatic rings. The van der Waals surface area contributed by atoms with Crippen LogP contribution in [0.1, 0.15) is 37.0 Å². The first-order valence-electron chi connectivity index (χ1n) is 11.1. The minimum atomic E-state index is -0.709. The molecule has 2 aromatic rings. The molecular formula is C24H29N3O6. The molecule has 4 rings (SSSR count). The minimum absolute atomic E-state index is 0.128. The van der Waals surface area contributed by atoms with Gasteiger partial charge in [-0.3, -0.25) is 14.5 Å². The molecule has 0 aliphatic carbocycles. The number of rotatable bonds is 9. The average molecular weight is 456 g/mol. The van der Waals surface area contributed by atoms with Crippen LogP contribution in [0, 0.1) is 0 Å². The van der Waals surface area contributed by atoms with Gasteiger partial charge < -0.3 is 24.5 Å². The number of amides is 4. The van der Waals surface area contributed by atoms with Gasteiger partial charge in [0.2, 0.25) is 5.91 Å².